The second-order valence-corrected chi connectivity index (χ2v) is 5.88. The molecule has 2 aromatic carbocycles. The number of hydrogen-bond acceptors (Lipinski definition) is 3. The van der Waals surface area contributed by atoms with Gasteiger partial charge in [-0.05, 0) is 56.2 Å². The molecule has 122 valence electrons. The highest BCUT2D eigenvalue weighted by atomic mass is 19.1. The molecule has 2 rings (SSSR count). The first-order chi connectivity index (χ1) is 10.8. The zero-order valence-electron chi connectivity index (χ0n) is 13.4. The predicted octanol–water partition coefficient (Wildman–Crippen LogP) is 3.38. The highest BCUT2D eigenvalue weighted by Crippen LogP contribution is 2.22. The largest absolute Gasteiger partial charge is 0.484 e. The van der Waals surface area contributed by atoms with Gasteiger partial charge in [0.1, 0.15) is 11.6 Å². The number of hydrogen-bond donors (Lipinski definition) is 2. The summed E-state index contributed by atoms with van der Waals surface area (Å²) in [6.07, 6.45) is 0. The van der Waals surface area contributed by atoms with Crippen LogP contribution in [0.5, 0.6) is 5.75 Å². The molecule has 0 spiro atoms. The number of nitrogens with one attached hydrogen (secondary N) is 1. The van der Waals surface area contributed by atoms with Gasteiger partial charge in [-0.2, -0.15) is 0 Å². The maximum atomic E-state index is 13.4. The molecule has 0 radical (unpaired) electrons. The van der Waals surface area contributed by atoms with Gasteiger partial charge in [-0.15, -0.1) is 0 Å². The lowest BCUT2D eigenvalue weighted by Crippen LogP contribution is -2.20. The first-order valence-electron chi connectivity index (χ1n) is 7.27. The summed E-state index contributed by atoms with van der Waals surface area (Å²) >= 11 is 0. The number of amides is 1. The fourth-order valence-corrected chi connectivity index (χ4v) is 1.98. The van der Waals surface area contributed by atoms with E-state index in [2.05, 4.69) is 5.32 Å². The molecular formula is C18H20FNO3. The summed E-state index contributed by atoms with van der Waals surface area (Å²) in [4.78, 5) is 11.8. The van der Waals surface area contributed by atoms with Crippen LogP contribution in [0.4, 0.5) is 10.1 Å². The second kappa shape index (κ2) is 6.79. The van der Waals surface area contributed by atoms with Crippen molar-refractivity contribution in [3.8, 4) is 5.75 Å². The summed E-state index contributed by atoms with van der Waals surface area (Å²) in [6, 6.07) is 11.4. The van der Waals surface area contributed by atoms with Crippen LogP contribution in [-0.4, -0.2) is 17.6 Å². The maximum Gasteiger partial charge on any atom is 0.262 e. The molecule has 2 aromatic rings. The number of aliphatic hydroxyl groups is 1. The summed E-state index contributed by atoms with van der Waals surface area (Å²) in [7, 11) is 0. The van der Waals surface area contributed by atoms with Gasteiger partial charge in [0.25, 0.3) is 5.91 Å². The Morgan fingerprint density at radius 2 is 1.87 bits per heavy atom. The number of carbonyl (C=O) groups excluding carboxylic acids is 1. The summed E-state index contributed by atoms with van der Waals surface area (Å²) in [5, 5.41) is 12.4. The van der Waals surface area contributed by atoms with Crippen LogP contribution in [0.25, 0.3) is 0 Å². The lowest BCUT2D eigenvalue weighted by atomic mass is 9.99. The highest BCUT2D eigenvalue weighted by Gasteiger charge is 2.15. The maximum absolute atomic E-state index is 13.4. The first-order valence-corrected chi connectivity index (χ1v) is 7.27. The molecule has 0 fully saturated rings. The molecule has 0 aliphatic carbocycles. The number of rotatable bonds is 5. The quantitative estimate of drug-likeness (QED) is 0.889. The van der Waals surface area contributed by atoms with Gasteiger partial charge < -0.3 is 15.2 Å². The van der Waals surface area contributed by atoms with E-state index in [1.807, 2.05) is 0 Å². The van der Waals surface area contributed by atoms with Crippen LogP contribution in [-0.2, 0) is 10.4 Å². The Bertz CT molecular complexity index is 690. The van der Waals surface area contributed by atoms with Gasteiger partial charge in [0.2, 0.25) is 0 Å². The van der Waals surface area contributed by atoms with Crippen LogP contribution in [0.1, 0.15) is 25.0 Å². The van der Waals surface area contributed by atoms with Crippen molar-refractivity contribution in [2.24, 2.45) is 0 Å². The van der Waals surface area contributed by atoms with Gasteiger partial charge in [0, 0.05) is 5.69 Å². The minimum atomic E-state index is -0.925. The van der Waals surface area contributed by atoms with Crippen LogP contribution in [0.2, 0.25) is 0 Å². The fraction of sp³-hybridized carbons (Fsp3) is 0.278. The highest BCUT2D eigenvalue weighted by molar-refractivity contribution is 5.91. The smallest absolute Gasteiger partial charge is 0.262 e. The molecule has 23 heavy (non-hydrogen) atoms. The Kier molecular flexibility index (Phi) is 5.01. The van der Waals surface area contributed by atoms with Gasteiger partial charge in [0.05, 0.1) is 5.60 Å². The topological polar surface area (TPSA) is 58.6 Å². The Hall–Kier alpha value is -2.40. The van der Waals surface area contributed by atoms with E-state index in [0.717, 1.165) is 5.56 Å². The van der Waals surface area contributed by atoms with E-state index in [9.17, 15) is 14.3 Å². The number of anilines is 1. The van der Waals surface area contributed by atoms with Crippen molar-refractivity contribution >= 4 is 11.6 Å². The summed E-state index contributed by atoms with van der Waals surface area (Å²) < 4.78 is 18.8. The van der Waals surface area contributed by atoms with Gasteiger partial charge in [-0.25, -0.2) is 4.39 Å². The van der Waals surface area contributed by atoms with Gasteiger partial charge in [0.15, 0.2) is 6.61 Å². The third-order valence-electron chi connectivity index (χ3n) is 3.39. The van der Waals surface area contributed by atoms with E-state index in [-0.39, 0.29) is 18.3 Å². The van der Waals surface area contributed by atoms with Crippen molar-refractivity contribution in [1.29, 1.82) is 0 Å². The molecule has 0 atom stereocenters. The molecule has 5 heteroatoms. The number of carbonyl (C=O) groups is 1. The zero-order valence-corrected chi connectivity index (χ0v) is 13.4. The Morgan fingerprint density at radius 1 is 1.22 bits per heavy atom. The normalized spacial score (nSPS) is 11.2. The summed E-state index contributed by atoms with van der Waals surface area (Å²) in [6.45, 7) is 4.85. The van der Waals surface area contributed by atoms with Gasteiger partial charge in [-0.1, -0.05) is 18.2 Å². The molecule has 0 saturated heterocycles. The molecule has 0 aliphatic heterocycles. The van der Waals surface area contributed by atoms with Crippen LogP contribution < -0.4 is 10.1 Å². The number of halogens is 1. The van der Waals surface area contributed by atoms with E-state index in [0.29, 0.717) is 17.0 Å². The van der Waals surface area contributed by atoms with Gasteiger partial charge >= 0.3 is 0 Å². The molecular weight excluding hydrogens is 297 g/mol. The monoisotopic (exact) mass is 317 g/mol. The van der Waals surface area contributed by atoms with Crippen molar-refractivity contribution < 1.29 is 19.0 Å². The van der Waals surface area contributed by atoms with E-state index < -0.39 is 5.60 Å². The zero-order chi connectivity index (χ0) is 17.0. The molecule has 0 saturated carbocycles. The van der Waals surface area contributed by atoms with Crippen molar-refractivity contribution in [1.82, 2.24) is 0 Å². The number of ether oxygens (including phenoxy) is 1. The molecule has 0 aromatic heterocycles. The van der Waals surface area contributed by atoms with Crippen molar-refractivity contribution in [2.75, 3.05) is 11.9 Å². The molecule has 1 amide bonds. The van der Waals surface area contributed by atoms with E-state index >= 15 is 0 Å². The lowest BCUT2D eigenvalue weighted by Gasteiger charge is -2.17. The average molecular weight is 317 g/mol. The summed E-state index contributed by atoms with van der Waals surface area (Å²) in [5.41, 5.74) is 0.737. The van der Waals surface area contributed by atoms with Crippen LogP contribution in [0.15, 0.2) is 42.5 Å². The number of aryl methyl sites for hydroxylation is 1. The fourth-order valence-electron chi connectivity index (χ4n) is 1.98. The summed E-state index contributed by atoms with van der Waals surface area (Å²) in [5.74, 6) is -0.228. The van der Waals surface area contributed by atoms with Crippen LogP contribution in [0.3, 0.4) is 0 Å². The average Bonchev–Trinajstić information content (AvgIpc) is 2.48. The van der Waals surface area contributed by atoms with E-state index in [1.165, 1.54) is 6.07 Å². The second-order valence-electron chi connectivity index (χ2n) is 5.88. The van der Waals surface area contributed by atoms with E-state index in [4.69, 9.17) is 4.74 Å². The molecule has 0 heterocycles. The lowest BCUT2D eigenvalue weighted by molar-refractivity contribution is -0.118. The SMILES string of the molecule is Cc1ccc(NC(=O)COc2ccc(C(C)(C)O)cc2)cc1F. The molecule has 4 nitrogen and oxygen atoms in total. The van der Waals surface area contributed by atoms with Crippen molar-refractivity contribution in [3.05, 3.63) is 59.4 Å². The Balaban J connectivity index is 1.90. The van der Waals surface area contributed by atoms with Crippen molar-refractivity contribution in [3.63, 3.8) is 0 Å². The predicted molar refractivity (Wildman–Crippen MR) is 86.9 cm³/mol. The van der Waals surface area contributed by atoms with E-state index in [1.54, 1.807) is 57.2 Å². The van der Waals surface area contributed by atoms with Crippen LogP contribution in [0, 0.1) is 12.7 Å². The molecule has 2 N–H and O–H groups in total. The minimum Gasteiger partial charge on any atom is -0.484 e. The molecule has 0 unspecified atom stereocenters. The van der Waals surface area contributed by atoms with Gasteiger partial charge in [-0.3, -0.25) is 4.79 Å². The minimum absolute atomic E-state index is 0.183. The third kappa shape index (κ3) is 4.79. The standard InChI is InChI=1S/C18H20FNO3/c1-12-4-7-14(10-16(12)19)20-17(21)11-23-15-8-5-13(6-9-15)18(2,3)22/h4-10,22H,11H2,1-3H3,(H,20,21). The van der Waals surface area contributed by atoms with Crippen molar-refractivity contribution in [2.45, 2.75) is 26.4 Å². The molecule has 0 bridgehead atoms. The van der Waals surface area contributed by atoms with Crippen LogP contribution >= 0.6 is 0 Å². The third-order valence-corrected chi connectivity index (χ3v) is 3.39. The molecule has 0 aliphatic rings. The first kappa shape index (κ1) is 17.0. The Morgan fingerprint density at radius 3 is 2.43 bits per heavy atom. The number of benzene rings is 2. The Labute approximate surface area is 134 Å².